The summed E-state index contributed by atoms with van der Waals surface area (Å²) in [5.41, 5.74) is 9.13. The predicted octanol–water partition coefficient (Wildman–Crippen LogP) is 4.97. The fraction of sp³-hybridized carbons (Fsp3) is 0.543. The van der Waals surface area contributed by atoms with Crippen LogP contribution in [-0.4, -0.2) is 82.9 Å². The molecule has 0 bridgehead atoms. The monoisotopic (exact) mass is 627 g/mol. The van der Waals surface area contributed by atoms with Crippen LogP contribution in [0.2, 0.25) is 0 Å². The molecule has 45 heavy (non-hydrogen) atoms. The lowest BCUT2D eigenvalue weighted by atomic mass is 9.86. The van der Waals surface area contributed by atoms with Crippen molar-refractivity contribution < 1.29 is 43.1 Å². The number of Topliss-reactive ketones (excluding diaryl/α,β-unsaturated/α-hetero) is 1. The molecule has 2 aromatic carbocycles. The number of carbonyl (C=O) groups excluding carboxylic acids is 1. The summed E-state index contributed by atoms with van der Waals surface area (Å²) in [5, 5.41) is 9.27. The summed E-state index contributed by atoms with van der Waals surface area (Å²) in [5.74, 6) is 1.40. The van der Waals surface area contributed by atoms with Gasteiger partial charge in [0.25, 0.3) is 0 Å². The number of hydrogen-bond donors (Lipinski definition) is 2. The van der Waals surface area contributed by atoms with Crippen LogP contribution in [0.3, 0.4) is 0 Å². The Morgan fingerprint density at radius 1 is 0.778 bits per heavy atom. The molecule has 1 aliphatic carbocycles. The summed E-state index contributed by atoms with van der Waals surface area (Å²) < 4.78 is 34.4. The van der Waals surface area contributed by atoms with E-state index in [1.165, 1.54) is 0 Å². The van der Waals surface area contributed by atoms with Gasteiger partial charge in [0.2, 0.25) is 0 Å². The summed E-state index contributed by atoms with van der Waals surface area (Å²) in [7, 11) is 0. The van der Waals surface area contributed by atoms with Crippen LogP contribution in [0.5, 0.6) is 17.2 Å². The van der Waals surface area contributed by atoms with Crippen LogP contribution in [0.1, 0.15) is 65.6 Å². The highest BCUT2D eigenvalue weighted by Gasteiger charge is 2.22. The number of carbonyl (C=O) groups is 2. The van der Waals surface area contributed by atoms with Gasteiger partial charge in [0.15, 0.2) is 5.78 Å². The van der Waals surface area contributed by atoms with Gasteiger partial charge in [-0.2, -0.15) is 0 Å². The van der Waals surface area contributed by atoms with E-state index in [1.807, 2.05) is 36.4 Å². The molecule has 0 fully saturated rings. The molecular weight excluding hydrogens is 578 g/mol. The fourth-order valence-corrected chi connectivity index (χ4v) is 5.16. The molecule has 3 N–H and O–H groups in total. The molecule has 2 aromatic rings. The highest BCUT2D eigenvalue weighted by atomic mass is 16.6. The van der Waals surface area contributed by atoms with Gasteiger partial charge in [-0.15, -0.1) is 6.58 Å². The zero-order chi connectivity index (χ0) is 32.1. The van der Waals surface area contributed by atoms with Crippen molar-refractivity contribution in [2.45, 2.75) is 57.8 Å². The van der Waals surface area contributed by atoms with Crippen LogP contribution < -0.4 is 19.9 Å². The third kappa shape index (κ3) is 12.8. The molecule has 0 saturated heterocycles. The number of carboxylic acids is 1. The van der Waals surface area contributed by atoms with E-state index in [9.17, 15) is 14.7 Å². The number of allylic oxidation sites excluding steroid dienone is 1. The molecule has 0 atom stereocenters. The van der Waals surface area contributed by atoms with E-state index in [2.05, 4.69) is 6.58 Å². The predicted molar refractivity (Wildman–Crippen MR) is 172 cm³/mol. The lowest BCUT2D eigenvalue weighted by molar-refractivity contribution is -0.136. The Bertz CT molecular complexity index is 1200. The van der Waals surface area contributed by atoms with E-state index in [0.717, 1.165) is 60.1 Å². The second kappa shape index (κ2) is 21.3. The molecule has 0 aliphatic heterocycles. The molecule has 3 rings (SSSR count). The van der Waals surface area contributed by atoms with Gasteiger partial charge in [0.1, 0.15) is 23.9 Å². The number of hydrogen-bond acceptors (Lipinski definition) is 9. The average molecular weight is 628 g/mol. The van der Waals surface area contributed by atoms with Crippen LogP contribution in [-0.2, 0) is 38.3 Å². The van der Waals surface area contributed by atoms with Gasteiger partial charge in [0.05, 0.1) is 52.9 Å². The number of carboxylic acid groups (broad SMARTS) is 1. The first kappa shape index (κ1) is 36.0. The normalized spacial score (nSPS) is 12.5. The number of nitrogens with two attached hydrogens (primary N) is 1. The molecule has 248 valence electrons. The van der Waals surface area contributed by atoms with Gasteiger partial charge in [0, 0.05) is 36.1 Å². The van der Waals surface area contributed by atoms with Crippen LogP contribution >= 0.6 is 0 Å². The van der Waals surface area contributed by atoms with E-state index in [4.69, 9.17) is 34.2 Å². The van der Waals surface area contributed by atoms with Crippen molar-refractivity contribution in [3.8, 4) is 17.2 Å². The van der Waals surface area contributed by atoms with E-state index in [1.54, 1.807) is 0 Å². The van der Waals surface area contributed by atoms with Gasteiger partial charge in [-0.3, -0.25) is 9.59 Å². The van der Waals surface area contributed by atoms with Gasteiger partial charge in [-0.05, 0) is 74.8 Å². The zero-order valence-corrected chi connectivity index (χ0v) is 26.4. The highest BCUT2D eigenvalue weighted by molar-refractivity contribution is 5.99. The number of unbranched alkanes of at least 4 members (excludes halogenated alkanes) is 2. The Kier molecular flexibility index (Phi) is 17.1. The maximum absolute atomic E-state index is 12.3. The molecule has 1 aliphatic rings. The molecule has 0 heterocycles. The SMILES string of the molecule is C=CCc1c(OCCCCCOc2cccc(OCCOCCOCCOCCN)c2CCC(=O)O)ccc2c1CCCC2=O. The largest absolute Gasteiger partial charge is 0.493 e. The number of rotatable bonds is 25. The van der Waals surface area contributed by atoms with Crippen molar-refractivity contribution in [2.24, 2.45) is 5.73 Å². The number of benzene rings is 2. The molecule has 0 unspecified atom stereocenters. The van der Waals surface area contributed by atoms with Crippen LogP contribution in [0, 0.1) is 0 Å². The minimum absolute atomic E-state index is 0.0262. The first-order chi connectivity index (χ1) is 22.0. The molecule has 10 heteroatoms. The van der Waals surface area contributed by atoms with E-state index in [0.29, 0.717) is 96.8 Å². The Labute approximate surface area is 266 Å². The van der Waals surface area contributed by atoms with Gasteiger partial charge >= 0.3 is 5.97 Å². The van der Waals surface area contributed by atoms with E-state index in [-0.39, 0.29) is 12.2 Å². The van der Waals surface area contributed by atoms with Crippen molar-refractivity contribution in [1.29, 1.82) is 0 Å². The maximum Gasteiger partial charge on any atom is 0.303 e. The van der Waals surface area contributed by atoms with Crippen LogP contribution in [0.4, 0.5) is 0 Å². The summed E-state index contributed by atoms with van der Waals surface area (Å²) >= 11 is 0. The second-order valence-corrected chi connectivity index (χ2v) is 10.7. The fourth-order valence-electron chi connectivity index (χ4n) is 5.16. The first-order valence-corrected chi connectivity index (χ1v) is 16.0. The number of fused-ring (bicyclic) bond motifs is 1. The summed E-state index contributed by atoms with van der Waals surface area (Å²) in [6, 6.07) is 9.33. The lowest BCUT2D eigenvalue weighted by Gasteiger charge is -2.21. The molecular formula is C35H49NO9. The Hall–Kier alpha value is -3.44. The van der Waals surface area contributed by atoms with Gasteiger partial charge < -0.3 is 39.3 Å². The smallest absolute Gasteiger partial charge is 0.303 e. The Balaban J connectivity index is 1.40. The number of ketones is 1. The van der Waals surface area contributed by atoms with Crippen molar-refractivity contribution in [2.75, 3.05) is 66.0 Å². The average Bonchev–Trinajstić information content (AvgIpc) is 3.03. The minimum atomic E-state index is -0.880. The zero-order valence-electron chi connectivity index (χ0n) is 26.4. The quantitative estimate of drug-likeness (QED) is 0.115. The summed E-state index contributed by atoms with van der Waals surface area (Å²) in [4.78, 5) is 23.6. The second-order valence-electron chi connectivity index (χ2n) is 10.7. The molecule has 0 aromatic heterocycles. The standard InChI is InChI=1S/C35H49NO9/c1-2-8-29-27-9-6-10-31(37)28(27)13-15-34(29)44-19-5-3-4-18-43-32-11-7-12-33(30(32)14-16-35(38)39)45-26-25-42-24-23-41-22-21-40-20-17-36/h2,7,11-13,15H,1,3-6,8-10,14,16-26,36H2,(H,38,39). The Morgan fingerprint density at radius 2 is 1.38 bits per heavy atom. The molecule has 10 nitrogen and oxygen atoms in total. The Morgan fingerprint density at radius 3 is 2.00 bits per heavy atom. The highest BCUT2D eigenvalue weighted by Crippen LogP contribution is 2.32. The molecule has 0 radical (unpaired) electrons. The summed E-state index contributed by atoms with van der Waals surface area (Å²) in [6.07, 6.45) is 7.79. The number of ether oxygens (including phenoxy) is 6. The molecule has 0 amide bonds. The third-order valence-corrected chi connectivity index (χ3v) is 7.34. The molecule has 0 saturated carbocycles. The van der Waals surface area contributed by atoms with Crippen LogP contribution in [0.25, 0.3) is 0 Å². The maximum atomic E-state index is 12.3. The van der Waals surface area contributed by atoms with Crippen LogP contribution in [0.15, 0.2) is 43.0 Å². The minimum Gasteiger partial charge on any atom is -0.493 e. The number of aliphatic carboxylic acids is 1. The van der Waals surface area contributed by atoms with E-state index >= 15 is 0 Å². The summed E-state index contributed by atoms with van der Waals surface area (Å²) in [6.45, 7) is 8.54. The van der Waals surface area contributed by atoms with Gasteiger partial charge in [-0.25, -0.2) is 0 Å². The first-order valence-electron chi connectivity index (χ1n) is 16.0. The van der Waals surface area contributed by atoms with Gasteiger partial charge in [-0.1, -0.05) is 12.1 Å². The van der Waals surface area contributed by atoms with Crippen molar-refractivity contribution >= 4 is 11.8 Å². The topological polar surface area (TPSA) is 136 Å². The lowest BCUT2D eigenvalue weighted by Crippen LogP contribution is -2.15. The van der Waals surface area contributed by atoms with Crippen molar-refractivity contribution in [1.82, 2.24) is 0 Å². The van der Waals surface area contributed by atoms with E-state index < -0.39 is 5.97 Å². The van der Waals surface area contributed by atoms with Crippen molar-refractivity contribution in [3.05, 3.63) is 65.2 Å². The van der Waals surface area contributed by atoms with Crippen molar-refractivity contribution in [3.63, 3.8) is 0 Å². The third-order valence-electron chi connectivity index (χ3n) is 7.34. The molecule has 0 spiro atoms.